The van der Waals surface area contributed by atoms with Gasteiger partial charge in [0.1, 0.15) is 11.9 Å². The predicted octanol–water partition coefficient (Wildman–Crippen LogP) is 1.75. The second-order valence-electron chi connectivity index (χ2n) is 5.77. The van der Waals surface area contributed by atoms with Crippen LogP contribution in [0, 0.1) is 12.3 Å². The fourth-order valence-electron chi connectivity index (χ4n) is 3.19. The summed E-state index contributed by atoms with van der Waals surface area (Å²) in [7, 11) is 0. The van der Waals surface area contributed by atoms with Crippen LogP contribution in [0.25, 0.3) is 0 Å². The van der Waals surface area contributed by atoms with E-state index in [1.165, 1.54) is 11.1 Å². The van der Waals surface area contributed by atoms with Crippen molar-refractivity contribution in [2.24, 2.45) is 5.41 Å². The van der Waals surface area contributed by atoms with Crippen LogP contribution in [0.3, 0.4) is 0 Å². The van der Waals surface area contributed by atoms with Gasteiger partial charge in [0.2, 0.25) is 0 Å². The fraction of sp³-hybridized carbons (Fsp3) is 0.533. The monoisotopic (exact) mass is 261 g/mol. The van der Waals surface area contributed by atoms with Crippen LogP contribution in [0.4, 0.5) is 0 Å². The summed E-state index contributed by atoms with van der Waals surface area (Å²) in [6, 6.07) is 6.16. The average molecular weight is 261 g/mol. The van der Waals surface area contributed by atoms with E-state index in [-0.39, 0.29) is 6.10 Å². The second kappa shape index (κ2) is 4.53. The fourth-order valence-corrected chi connectivity index (χ4v) is 3.19. The van der Waals surface area contributed by atoms with Gasteiger partial charge in [-0.15, -0.1) is 0 Å². The van der Waals surface area contributed by atoms with E-state index in [1.807, 2.05) is 12.1 Å². The maximum Gasteiger partial charge on any atom is 0.311 e. The van der Waals surface area contributed by atoms with Crippen molar-refractivity contribution >= 4 is 5.97 Å². The number of benzene rings is 1. The van der Waals surface area contributed by atoms with Crippen LogP contribution in [-0.2, 0) is 11.2 Å². The minimum absolute atomic E-state index is 0.00667. The summed E-state index contributed by atoms with van der Waals surface area (Å²) in [4.78, 5) is 11.5. The van der Waals surface area contributed by atoms with Crippen LogP contribution < -0.4 is 10.1 Å². The topological polar surface area (TPSA) is 58.6 Å². The molecule has 0 amide bonds. The van der Waals surface area contributed by atoms with Crippen LogP contribution in [-0.4, -0.2) is 30.3 Å². The van der Waals surface area contributed by atoms with Gasteiger partial charge in [-0.25, -0.2) is 0 Å². The number of carboxylic acids is 1. The minimum atomic E-state index is -0.701. The van der Waals surface area contributed by atoms with Crippen molar-refractivity contribution in [1.82, 2.24) is 5.32 Å². The largest absolute Gasteiger partial charge is 0.490 e. The standard InChI is InChI=1S/C15H19NO3/c1-10-2-3-13-11(6-10)7-12(19-13)8-15(14(17)18)4-5-16-9-15/h2-3,6,12,16H,4-5,7-9H2,1H3,(H,17,18). The average Bonchev–Trinajstić information content (AvgIpc) is 2.96. The van der Waals surface area contributed by atoms with Gasteiger partial charge < -0.3 is 15.2 Å². The zero-order valence-electron chi connectivity index (χ0n) is 11.1. The molecule has 2 atom stereocenters. The summed E-state index contributed by atoms with van der Waals surface area (Å²) >= 11 is 0. The first-order valence-electron chi connectivity index (χ1n) is 6.79. The molecule has 4 nitrogen and oxygen atoms in total. The number of carboxylic acid groups (broad SMARTS) is 1. The van der Waals surface area contributed by atoms with Gasteiger partial charge in [-0.05, 0) is 31.5 Å². The summed E-state index contributed by atoms with van der Waals surface area (Å²) in [6.07, 6.45) is 2.10. The number of aryl methyl sites for hydroxylation is 1. The number of fused-ring (bicyclic) bond motifs is 1. The maximum atomic E-state index is 11.5. The highest BCUT2D eigenvalue weighted by Crippen LogP contribution is 2.38. The molecule has 0 bridgehead atoms. The number of aliphatic carboxylic acids is 1. The highest BCUT2D eigenvalue weighted by atomic mass is 16.5. The van der Waals surface area contributed by atoms with Crippen LogP contribution in [0.2, 0.25) is 0 Å². The summed E-state index contributed by atoms with van der Waals surface area (Å²) in [6.45, 7) is 3.40. The van der Waals surface area contributed by atoms with Gasteiger partial charge in [0.25, 0.3) is 0 Å². The van der Waals surface area contributed by atoms with E-state index < -0.39 is 11.4 Å². The van der Waals surface area contributed by atoms with Crippen molar-refractivity contribution in [3.63, 3.8) is 0 Å². The minimum Gasteiger partial charge on any atom is -0.490 e. The molecule has 4 heteroatoms. The van der Waals surface area contributed by atoms with Gasteiger partial charge >= 0.3 is 5.97 Å². The van der Waals surface area contributed by atoms with Gasteiger partial charge in [0.05, 0.1) is 5.41 Å². The first-order valence-corrected chi connectivity index (χ1v) is 6.79. The number of carbonyl (C=O) groups is 1. The van der Waals surface area contributed by atoms with E-state index in [0.29, 0.717) is 19.4 Å². The molecule has 1 aromatic rings. The third-order valence-electron chi connectivity index (χ3n) is 4.27. The molecule has 102 valence electrons. The number of hydrogen-bond donors (Lipinski definition) is 2. The number of nitrogens with one attached hydrogen (secondary N) is 1. The quantitative estimate of drug-likeness (QED) is 0.870. The summed E-state index contributed by atoms with van der Waals surface area (Å²) < 4.78 is 5.91. The van der Waals surface area contributed by atoms with Crippen molar-refractivity contribution in [3.05, 3.63) is 29.3 Å². The highest BCUT2D eigenvalue weighted by Gasteiger charge is 2.44. The molecule has 2 aliphatic heterocycles. The lowest BCUT2D eigenvalue weighted by Gasteiger charge is -2.26. The Morgan fingerprint density at radius 1 is 1.58 bits per heavy atom. The molecule has 0 radical (unpaired) electrons. The molecule has 0 spiro atoms. The first kappa shape index (κ1) is 12.5. The Hall–Kier alpha value is -1.55. The molecule has 1 aromatic carbocycles. The number of rotatable bonds is 3. The molecule has 2 aliphatic rings. The van der Waals surface area contributed by atoms with E-state index in [2.05, 4.69) is 18.3 Å². The van der Waals surface area contributed by atoms with E-state index >= 15 is 0 Å². The first-order chi connectivity index (χ1) is 9.09. The molecule has 2 unspecified atom stereocenters. The van der Waals surface area contributed by atoms with Gasteiger partial charge in [-0.2, -0.15) is 0 Å². The lowest BCUT2D eigenvalue weighted by molar-refractivity contribution is -0.149. The predicted molar refractivity (Wildman–Crippen MR) is 71.5 cm³/mol. The Morgan fingerprint density at radius 3 is 3.11 bits per heavy atom. The molecule has 1 fully saturated rings. The molecule has 2 N–H and O–H groups in total. The van der Waals surface area contributed by atoms with Crippen LogP contribution >= 0.6 is 0 Å². The molecule has 1 saturated heterocycles. The van der Waals surface area contributed by atoms with Crippen molar-refractivity contribution in [2.75, 3.05) is 13.1 Å². The van der Waals surface area contributed by atoms with E-state index in [4.69, 9.17) is 4.74 Å². The van der Waals surface area contributed by atoms with Gasteiger partial charge in [-0.1, -0.05) is 17.7 Å². The molecule has 0 aliphatic carbocycles. The van der Waals surface area contributed by atoms with Gasteiger partial charge in [0, 0.05) is 19.4 Å². The van der Waals surface area contributed by atoms with Crippen molar-refractivity contribution in [2.45, 2.75) is 32.3 Å². The molecule has 3 rings (SSSR count). The zero-order valence-corrected chi connectivity index (χ0v) is 11.1. The van der Waals surface area contributed by atoms with Crippen LogP contribution in [0.5, 0.6) is 5.75 Å². The maximum absolute atomic E-state index is 11.5. The van der Waals surface area contributed by atoms with Gasteiger partial charge in [-0.3, -0.25) is 4.79 Å². The lowest BCUT2D eigenvalue weighted by atomic mass is 9.81. The molecular formula is C15H19NO3. The van der Waals surface area contributed by atoms with Crippen LogP contribution in [0.15, 0.2) is 18.2 Å². The molecule has 0 aromatic heterocycles. The SMILES string of the molecule is Cc1ccc2c(c1)CC(CC1(C(=O)O)CCNC1)O2. The van der Waals surface area contributed by atoms with E-state index in [0.717, 1.165) is 18.7 Å². The van der Waals surface area contributed by atoms with Crippen molar-refractivity contribution < 1.29 is 14.6 Å². The molecular weight excluding hydrogens is 242 g/mol. The van der Waals surface area contributed by atoms with E-state index in [1.54, 1.807) is 0 Å². The Balaban J connectivity index is 1.74. The third-order valence-corrected chi connectivity index (χ3v) is 4.27. The number of ether oxygens (including phenoxy) is 1. The Labute approximate surface area is 112 Å². The second-order valence-corrected chi connectivity index (χ2v) is 5.77. The summed E-state index contributed by atoms with van der Waals surface area (Å²) in [5, 5.41) is 12.7. The Morgan fingerprint density at radius 2 is 2.42 bits per heavy atom. The lowest BCUT2D eigenvalue weighted by Crippen LogP contribution is -2.38. The van der Waals surface area contributed by atoms with Crippen molar-refractivity contribution in [3.8, 4) is 5.75 Å². The highest BCUT2D eigenvalue weighted by molar-refractivity contribution is 5.75. The van der Waals surface area contributed by atoms with Crippen LogP contribution in [0.1, 0.15) is 24.0 Å². The van der Waals surface area contributed by atoms with Crippen molar-refractivity contribution in [1.29, 1.82) is 0 Å². The third kappa shape index (κ3) is 2.21. The van der Waals surface area contributed by atoms with E-state index in [9.17, 15) is 9.90 Å². The molecule has 2 heterocycles. The molecule has 0 saturated carbocycles. The Kier molecular flexibility index (Phi) is 2.97. The smallest absolute Gasteiger partial charge is 0.311 e. The Bertz CT molecular complexity index is 506. The zero-order chi connectivity index (χ0) is 13.5. The van der Waals surface area contributed by atoms with Gasteiger partial charge in [0.15, 0.2) is 0 Å². The summed E-state index contributed by atoms with van der Waals surface area (Å²) in [5.74, 6) is 0.218. The normalized spacial score (nSPS) is 29.0. The summed E-state index contributed by atoms with van der Waals surface area (Å²) in [5.41, 5.74) is 1.77. The number of hydrogen-bond acceptors (Lipinski definition) is 3. The molecule has 19 heavy (non-hydrogen) atoms.